The predicted octanol–water partition coefficient (Wildman–Crippen LogP) is 3.22. The van der Waals surface area contributed by atoms with Gasteiger partial charge in [0.1, 0.15) is 18.5 Å². The van der Waals surface area contributed by atoms with E-state index in [4.69, 9.17) is 4.74 Å². The van der Waals surface area contributed by atoms with Crippen LogP contribution in [0, 0.1) is 6.92 Å². The lowest BCUT2D eigenvalue weighted by molar-refractivity contribution is -0.114. The molecule has 2 rings (SSSR count). The summed E-state index contributed by atoms with van der Waals surface area (Å²) >= 11 is 0. The molecular weight excluding hydrogens is 328 g/mol. The third kappa shape index (κ3) is 6.50. The number of likely N-dealkylation sites (N-methyl/N-ethyl adjacent to an activating group) is 1. The van der Waals surface area contributed by atoms with Gasteiger partial charge in [-0.1, -0.05) is 48.9 Å². The number of carbonyl (C=O) groups excluding carboxylic acids is 1. The Morgan fingerprint density at radius 1 is 1.23 bits per heavy atom. The SMILES string of the molecule is CCN(Cc1cccc(C)c1)CC(O)COc1ccccc1NC(C)=O. The molecule has 5 heteroatoms. The summed E-state index contributed by atoms with van der Waals surface area (Å²) < 4.78 is 5.72. The summed E-state index contributed by atoms with van der Waals surface area (Å²) in [7, 11) is 0. The number of nitrogens with zero attached hydrogens (tertiary/aromatic N) is 1. The van der Waals surface area contributed by atoms with Gasteiger partial charge in [0, 0.05) is 20.0 Å². The van der Waals surface area contributed by atoms with Crippen molar-refractivity contribution >= 4 is 11.6 Å². The number of benzene rings is 2. The normalized spacial score (nSPS) is 12.0. The van der Waals surface area contributed by atoms with E-state index in [1.165, 1.54) is 18.1 Å². The lowest BCUT2D eigenvalue weighted by Gasteiger charge is -2.24. The van der Waals surface area contributed by atoms with Gasteiger partial charge in [-0.15, -0.1) is 0 Å². The molecule has 1 amide bonds. The van der Waals surface area contributed by atoms with Gasteiger partial charge in [-0.25, -0.2) is 0 Å². The van der Waals surface area contributed by atoms with Crippen LogP contribution in [0.3, 0.4) is 0 Å². The minimum absolute atomic E-state index is 0.156. The van der Waals surface area contributed by atoms with Gasteiger partial charge >= 0.3 is 0 Å². The van der Waals surface area contributed by atoms with E-state index in [2.05, 4.69) is 48.3 Å². The molecule has 1 unspecified atom stereocenters. The van der Waals surface area contributed by atoms with Crippen molar-refractivity contribution in [3.05, 3.63) is 59.7 Å². The monoisotopic (exact) mass is 356 g/mol. The minimum atomic E-state index is -0.620. The highest BCUT2D eigenvalue weighted by Gasteiger charge is 2.13. The zero-order valence-electron chi connectivity index (χ0n) is 15.7. The molecule has 0 radical (unpaired) electrons. The Morgan fingerprint density at radius 3 is 2.69 bits per heavy atom. The second-order valence-corrected chi connectivity index (χ2v) is 6.46. The van der Waals surface area contributed by atoms with Crippen LogP contribution >= 0.6 is 0 Å². The number of carbonyl (C=O) groups is 1. The summed E-state index contributed by atoms with van der Waals surface area (Å²) in [4.78, 5) is 13.4. The van der Waals surface area contributed by atoms with Crippen molar-refractivity contribution in [2.24, 2.45) is 0 Å². The number of anilines is 1. The van der Waals surface area contributed by atoms with Crippen molar-refractivity contribution < 1.29 is 14.6 Å². The van der Waals surface area contributed by atoms with Gasteiger partial charge in [0.15, 0.2) is 0 Å². The van der Waals surface area contributed by atoms with E-state index in [0.717, 1.165) is 13.1 Å². The predicted molar refractivity (Wildman–Crippen MR) is 104 cm³/mol. The third-order valence-electron chi connectivity index (χ3n) is 4.03. The number of rotatable bonds is 9. The number of para-hydroxylation sites is 2. The first kappa shape index (κ1) is 19.9. The van der Waals surface area contributed by atoms with E-state index in [1.807, 2.05) is 12.1 Å². The van der Waals surface area contributed by atoms with Crippen LogP contribution < -0.4 is 10.1 Å². The Morgan fingerprint density at radius 2 is 2.00 bits per heavy atom. The molecule has 0 saturated carbocycles. The van der Waals surface area contributed by atoms with Crippen LogP contribution in [-0.2, 0) is 11.3 Å². The maximum atomic E-state index is 11.3. The van der Waals surface area contributed by atoms with Crippen LogP contribution in [0.4, 0.5) is 5.69 Å². The fraction of sp³-hybridized carbons (Fsp3) is 0.381. The van der Waals surface area contributed by atoms with Crippen molar-refractivity contribution in [3.63, 3.8) is 0 Å². The Hall–Kier alpha value is -2.37. The summed E-state index contributed by atoms with van der Waals surface area (Å²) in [5.74, 6) is 0.403. The summed E-state index contributed by atoms with van der Waals surface area (Å²) in [6.07, 6.45) is -0.620. The third-order valence-corrected chi connectivity index (χ3v) is 4.03. The molecule has 0 aliphatic heterocycles. The van der Waals surface area contributed by atoms with Crippen LogP contribution in [0.25, 0.3) is 0 Å². The topological polar surface area (TPSA) is 61.8 Å². The number of aliphatic hydroxyl groups excluding tert-OH is 1. The van der Waals surface area contributed by atoms with Crippen LogP contribution in [0.15, 0.2) is 48.5 Å². The van der Waals surface area contributed by atoms with Crippen molar-refractivity contribution in [2.45, 2.75) is 33.4 Å². The molecule has 2 aromatic carbocycles. The van der Waals surface area contributed by atoms with Gasteiger partial charge in [0.05, 0.1) is 5.69 Å². The van der Waals surface area contributed by atoms with Gasteiger partial charge in [-0.05, 0) is 31.2 Å². The fourth-order valence-electron chi connectivity index (χ4n) is 2.80. The molecular formula is C21H28N2O3. The van der Waals surface area contributed by atoms with Gasteiger partial charge in [0.2, 0.25) is 5.91 Å². The summed E-state index contributed by atoms with van der Waals surface area (Å²) in [5.41, 5.74) is 3.08. The number of ether oxygens (including phenoxy) is 1. The van der Waals surface area contributed by atoms with Crippen molar-refractivity contribution in [2.75, 3.05) is 25.0 Å². The van der Waals surface area contributed by atoms with Crippen LogP contribution in [0.2, 0.25) is 0 Å². The van der Waals surface area contributed by atoms with Crippen molar-refractivity contribution in [1.29, 1.82) is 0 Å². The fourth-order valence-corrected chi connectivity index (χ4v) is 2.80. The summed E-state index contributed by atoms with van der Waals surface area (Å²) in [6, 6.07) is 15.6. The minimum Gasteiger partial charge on any atom is -0.489 e. The number of amides is 1. The zero-order valence-corrected chi connectivity index (χ0v) is 15.7. The Labute approximate surface area is 155 Å². The lowest BCUT2D eigenvalue weighted by atomic mass is 10.1. The molecule has 2 aromatic rings. The van der Waals surface area contributed by atoms with E-state index in [9.17, 15) is 9.90 Å². The summed E-state index contributed by atoms with van der Waals surface area (Å²) in [6.45, 7) is 7.93. The highest BCUT2D eigenvalue weighted by atomic mass is 16.5. The van der Waals surface area contributed by atoms with E-state index in [0.29, 0.717) is 18.0 Å². The maximum Gasteiger partial charge on any atom is 0.221 e. The highest BCUT2D eigenvalue weighted by Crippen LogP contribution is 2.23. The van der Waals surface area contributed by atoms with Crippen molar-refractivity contribution in [3.8, 4) is 5.75 Å². The molecule has 0 heterocycles. The molecule has 0 spiro atoms. The Balaban J connectivity index is 1.89. The lowest BCUT2D eigenvalue weighted by Crippen LogP contribution is -2.35. The number of aliphatic hydroxyl groups is 1. The van der Waals surface area contributed by atoms with Gasteiger partial charge < -0.3 is 15.2 Å². The first-order valence-electron chi connectivity index (χ1n) is 8.93. The molecule has 140 valence electrons. The average Bonchev–Trinajstić information content (AvgIpc) is 2.60. The largest absolute Gasteiger partial charge is 0.489 e. The van der Waals surface area contributed by atoms with E-state index in [1.54, 1.807) is 12.1 Å². The molecule has 26 heavy (non-hydrogen) atoms. The first-order valence-corrected chi connectivity index (χ1v) is 8.93. The number of nitrogens with one attached hydrogen (secondary N) is 1. The smallest absolute Gasteiger partial charge is 0.221 e. The van der Waals surface area contributed by atoms with E-state index >= 15 is 0 Å². The van der Waals surface area contributed by atoms with Crippen LogP contribution in [0.1, 0.15) is 25.0 Å². The molecule has 0 aliphatic rings. The van der Waals surface area contributed by atoms with Gasteiger partial charge in [-0.3, -0.25) is 9.69 Å². The molecule has 1 atom stereocenters. The molecule has 0 bridgehead atoms. The quantitative estimate of drug-likeness (QED) is 0.724. The highest BCUT2D eigenvalue weighted by molar-refractivity contribution is 5.90. The number of hydrogen-bond donors (Lipinski definition) is 2. The molecule has 0 saturated heterocycles. The maximum absolute atomic E-state index is 11.3. The van der Waals surface area contributed by atoms with Crippen LogP contribution in [0.5, 0.6) is 5.75 Å². The standard InChI is InChI=1S/C21H28N2O3/c1-4-23(13-18-9-7-8-16(2)12-18)14-19(25)15-26-21-11-6-5-10-20(21)22-17(3)24/h5-12,19,25H,4,13-15H2,1-3H3,(H,22,24). The molecule has 0 aliphatic carbocycles. The molecule has 2 N–H and O–H groups in total. The second kappa shape index (κ2) is 9.94. The molecule has 0 fully saturated rings. The van der Waals surface area contributed by atoms with Gasteiger partial charge in [0.25, 0.3) is 0 Å². The zero-order chi connectivity index (χ0) is 18.9. The van der Waals surface area contributed by atoms with Gasteiger partial charge in [-0.2, -0.15) is 0 Å². The number of aryl methyl sites for hydroxylation is 1. The van der Waals surface area contributed by atoms with Crippen LogP contribution in [-0.4, -0.2) is 41.7 Å². The summed E-state index contributed by atoms with van der Waals surface area (Å²) in [5, 5.41) is 13.1. The van der Waals surface area contributed by atoms with Crippen molar-refractivity contribution in [1.82, 2.24) is 4.90 Å². The average molecular weight is 356 g/mol. The molecule has 0 aromatic heterocycles. The number of hydrogen-bond acceptors (Lipinski definition) is 4. The van der Waals surface area contributed by atoms with E-state index < -0.39 is 6.10 Å². The Bertz CT molecular complexity index is 718. The Kier molecular flexibility index (Phi) is 7.63. The molecule has 5 nitrogen and oxygen atoms in total. The first-order chi connectivity index (χ1) is 12.5. The second-order valence-electron chi connectivity index (χ2n) is 6.46. The van der Waals surface area contributed by atoms with E-state index in [-0.39, 0.29) is 12.5 Å².